The molecule has 2 saturated heterocycles. The molecule has 1 aromatic heterocycles. The maximum Gasteiger partial charge on any atom is 0.288 e. The molecule has 3 rings (SSSR count). The Labute approximate surface area is 155 Å². The van der Waals surface area contributed by atoms with E-state index in [9.17, 15) is 23.3 Å². The lowest BCUT2D eigenvalue weighted by Crippen LogP contribution is -2.33. The van der Waals surface area contributed by atoms with Crippen molar-refractivity contribution >= 4 is 15.8 Å². The molecule has 0 radical (unpaired) electrons. The van der Waals surface area contributed by atoms with Gasteiger partial charge in [0.2, 0.25) is 0 Å². The van der Waals surface area contributed by atoms with E-state index in [-0.39, 0.29) is 17.9 Å². The van der Waals surface area contributed by atoms with Crippen LogP contribution in [0.15, 0.2) is 17.1 Å². The molecule has 0 unspecified atom stereocenters. The van der Waals surface area contributed by atoms with Crippen molar-refractivity contribution < 1.29 is 31.7 Å². The molecular weight excluding hydrogens is 384 g/mol. The Hall–Kier alpha value is -1.86. The highest BCUT2D eigenvalue weighted by Gasteiger charge is 2.56. The van der Waals surface area contributed by atoms with E-state index in [0.29, 0.717) is 0 Å². The van der Waals surface area contributed by atoms with Gasteiger partial charge in [0.1, 0.15) is 18.3 Å². The molecule has 0 bridgehead atoms. The van der Waals surface area contributed by atoms with E-state index in [1.807, 2.05) is 0 Å². The van der Waals surface area contributed by atoms with Gasteiger partial charge in [-0.2, -0.15) is 8.42 Å². The third-order valence-electron chi connectivity index (χ3n) is 4.30. The Morgan fingerprint density at radius 2 is 1.96 bits per heavy atom. The molecule has 0 amide bonds. The second-order valence-electron chi connectivity index (χ2n) is 6.96. The molecule has 2 fully saturated rings. The highest BCUT2D eigenvalue weighted by atomic mass is 32.2. The summed E-state index contributed by atoms with van der Waals surface area (Å²) in [7, 11) is -3.72. The fourth-order valence-corrected chi connectivity index (χ4v) is 3.61. The summed E-state index contributed by atoms with van der Waals surface area (Å²) in [6, 6.07) is 1.14. The minimum Gasteiger partial charge on any atom is -0.347 e. The molecule has 2 aliphatic rings. The number of aromatic nitrogens is 1. The van der Waals surface area contributed by atoms with Gasteiger partial charge in [-0.3, -0.25) is 23.7 Å². The zero-order valence-electron chi connectivity index (χ0n) is 15.1. The average Bonchev–Trinajstić information content (AvgIpc) is 2.98. The molecule has 0 aliphatic carbocycles. The lowest BCUT2D eigenvalue weighted by atomic mass is 10.1. The molecule has 12 heteroatoms. The maximum absolute atomic E-state index is 12.4. The van der Waals surface area contributed by atoms with E-state index in [1.165, 1.54) is 6.92 Å². The second kappa shape index (κ2) is 6.63. The van der Waals surface area contributed by atoms with Crippen LogP contribution in [0, 0.1) is 17.0 Å². The first-order valence-corrected chi connectivity index (χ1v) is 9.92. The molecule has 11 nitrogen and oxygen atoms in total. The van der Waals surface area contributed by atoms with E-state index in [4.69, 9.17) is 18.4 Å². The van der Waals surface area contributed by atoms with Crippen LogP contribution in [0.25, 0.3) is 0 Å². The van der Waals surface area contributed by atoms with Crippen LogP contribution < -0.4 is 5.56 Å². The van der Waals surface area contributed by atoms with Gasteiger partial charge in [0.05, 0.1) is 24.0 Å². The number of nitro groups is 1. The molecule has 4 atom stereocenters. The summed E-state index contributed by atoms with van der Waals surface area (Å²) >= 11 is 0. The Kier molecular flexibility index (Phi) is 4.89. The van der Waals surface area contributed by atoms with Gasteiger partial charge in [-0.15, -0.1) is 0 Å². The van der Waals surface area contributed by atoms with E-state index >= 15 is 0 Å². The molecule has 0 N–H and O–H groups in total. The Balaban J connectivity index is 1.97. The Bertz CT molecular complexity index is 924. The van der Waals surface area contributed by atoms with Crippen molar-refractivity contribution in [2.24, 2.45) is 0 Å². The van der Waals surface area contributed by atoms with Crippen molar-refractivity contribution in [3.8, 4) is 0 Å². The fraction of sp³-hybridized carbons (Fsp3) is 0.667. The van der Waals surface area contributed by atoms with E-state index in [0.717, 1.165) is 23.1 Å². The van der Waals surface area contributed by atoms with Gasteiger partial charge in [0.25, 0.3) is 21.4 Å². The summed E-state index contributed by atoms with van der Waals surface area (Å²) in [5.74, 6) is -0.999. The number of pyridine rings is 1. The minimum absolute atomic E-state index is 0.219. The van der Waals surface area contributed by atoms with Crippen molar-refractivity contribution in [3.05, 3.63) is 38.3 Å². The van der Waals surface area contributed by atoms with Crippen molar-refractivity contribution in [1.82, 2.24) is 4.57 Å². The van der Waals surface area contributed by atoms with E-state index in [2.05, 4.69) is 0 Å². The van der Waals surface area contributed by atoms with Crippen molar-refractivity contribution in [3.63, 3.8) is 0 Å². The molecule has 1 aromatic rings. The zero-order valence-corrected chi connectivity index (χ0v) is 16.0. The van der Waals surface area contributed by atoms with Gasteiger partial charge < -0.3 is 14.2 Å². The topological polar surface area (TPSA) is 136 Å². The summed E-state index contributed by atoms with van der Waals surface area (Å²) in [4.78, 5) is 23.0. The third kappa shape index (κ3) is 4.04. The van der Waals surface area contributed by atoms with Crippen molar-refractivity contribution in [1.29, 1.82) is 0 Å². The maximum atomic E-state index is 12.4. The van der Waals surface area contributed by atoms with Gasteiger partial charge in [0, 0.05) is 11.6 Å². The van der Waals surface area contributed by atoms with Gasteiger partial charge in [-0.25, -0.2) is 0 Å². The summed E-state index contributed by atoms with van der Waals surface area (Å²) in [6.07, 6.45) is -1.36. The molecule has 2 aliphatic heterocycles. The quantitative estimate of drug-likeness (QED) is 0.389. The SMILES string of the molecule is Cc1cc(=O)n([C@@H]2O[C@H](COS(C)(=O)=O)[C@H]3OC(C)(C)O[C@H]32)cc1[N+](=O)[O-]. The Morgan fingerprint density at radius 1 is 1.33 bits per heavy atom. The molecule has 27 heavy (non-hydrogen) atoms. The van der Waals surface area contributed by atoms with Gasteiger partial charge >= 0.3 is 0 Å². The van der Waals surface area contributed by atoms with Crippen LogP contribution in [0.4, 0.5) is 5.69 Å². The van der Waals surface area contributed by atoms with Crippen LogP contribution in [0.3, 0.4) is 0 Å². The lowest BCUT2D eigenvalue weighted by Gasteiger charge is -2.24. The van der Waals surface area contributed by atoms with Crippen LogP contribution in [0.2, 0.25) is 0 Å². The number of hydrogen-bond acceptors (Lipinski definition) is 9. The number of nitrogens with zero attached hydrogens (tertiary/aromatic N) is 2. The first-order chi connectivity index (χ1) is 12.4. The summed E-state index contributed by atoms with van der Waals surface area (Å²) in [5.41, 5.74) is -0.541. The van der Waals surface area contributed by atoms with Crippen molar-refractivity contribution in [2.45, 2.75) is 51.1 Å². The zero-order chi connectivity index (χ0) is 20.1. The van der Waals surface area contributed by atoms with Gasteiger partial charge in [-0.1, -0.05) is 0 Å². The number of rotatable bonds is 5. The number of aryl methyl sites for hydroxylation is 1. The number of fused-ring (bicyclic) bond motifs is 1. The molecule has 150 valence electrons. The van der Waals surface area contributed by atoms with Crippen LogP contribution in [0.5, 0.6) is 0 Å². The highest BCUT2D eigenvalue weighted by molar-refractivity contribution is 7.85. The molecule has 0 saturated carbocycles. The highest BCUT2D eigenvalue weighted by Crippen LogP contribution is 2.43. The lowest BCUT2D eigenvalue weighted by molar-refractivity contribution is -0.386. The fourth-order valence-electron chi connectivity index (χ4n) is 3.23. The molecule has 0 spiro atoms. The van der Waals surface area contributed by atoms with Crippen LogP contribution in [-0.2, 0) is 28.5 Å². The summed E-state index contributed by atoms with van der Waals surface area (Å²) in [5, 5.41) is 11.2. The van der Waals surface area contributed by atoms with Crippen molar-refractivity contribution in [2.75, 3.05) is 12.9 Å². The Morgan fingerprint density at radius 3 is 2.56 bits per heavy atom. The average molecular weight is 404 g/mol. The van der Waals surface area contributed by atoms with E-state index < -0.39 is 50.9 Å². The second-order valence-corrected chi connectivity index (χ2v) is 8.61. The largest absolute Gasteiger partial charge is 0.347 e. The predicted molar refractivity (Wildman–Crippen MR) is 90.6 cm³/mol. The van der Waals surface area contributed by atoms with E-state index in [1.54, 1.807) is 13.8 Å². The van der Waals surface area contributed by atoms with Crippen LogP contribution in [0.1, 0.15) is 25.6 Å². The number of hydrogen-bond donors (Lipinski definition) is 0. The van der Waals surface area contributed by atoms with Gasteiger partial charge in [0.15, 0.2) is 12.0 Å². The first-order valence-electron chi connectivity index (χ1n) is 8.11. The van der Waals surface area contributed by atoms with Gasteiger partial charge in [-0.05, 0) is 20.8 Å². The third-order valence-corrected chi connectivity index (χ3v) is 4.87. The summed E-state index contributed by atoms with van der Waals surface area (Å²) < 4.78 is 45.8. The first kappa shape index (κ1) is 19.9. The molecule has 3 heterocycles. The smallest absolute Gasteiger partial charge is 0.288 e. The standard InChI is InChI=1S/C15H20N2O9S/c1-8-5-11(18)16(6-9(8)17(19)20)14-13-12(25-15(2,3)26-13)10(24-14)7-23-27(4,21)22/h5-6,10,12-14H,7H2,1-4H3/t10-,12-,13-,14-/m1/s1. The summed E-state index contributed by atoms with van der Waals surface area (Å²) in [6.45, 7) is 4.45. The van der Waals surface area contributed by atoms with Crippen LogP contribution in [-0.4, -0.2) is 54.9 Å². The normalized spacial score (nSPS) is 29.6. The molecule has 0 aromatic carbocycles. The number of ether oxygens (including phenoxy) is 3. The van der Waals surface area contributed by atoms with Crippen LogP contribution >= 0.6 is 0 Å². The monoisotopic (exact) mass is 404 g/mol. The minimum atomic E-state index is -3.72. The molecular formula is C15H20N2O9S. The predicted octanol–water partition coefficient (Wildman–Crippen LogP) is 0.459.